The van der Waals surface area contributed by atoms with E-state index in [0.29, 0.717) is 16.6 Å². The maximum atomic E-state index is 11.1. The predicted octanol–water partition coefficient (Wildman–Crippen LogP) is 1.42. The molecule has 0 aliphatic carbocycles. The summed E-state index contributed by atoms with van der Waals surface area (Å²) in [5.41, 5.74) is 1.49. The van der Waals surface area contributed by atoms with Crippen molar-refractivity contribution in [3.05, 3.63) is 48.1 Å². The molecule has 112 valence electrons. The highest BCUT2D eigenvalue weighted by atomic mass is 16.4. The number of benzene rings is 1. The number of carbonyl (C=O) groups is 1. The minimum atomic E-state index is -1.06. The summed E-state index contributed by atoms with van der Waals surface area (Å²) in [7, 11) is 0. The lowest BCUT2D eigenvalue weighted by molar-refractivity contribution is 0.0696. The van der Waals surface area contributed by atoms with Crippen LogP contribution in [0.4, 0.5) is 5.69 Å². The Morgan fingerprint density at radius 1 is 1.43 bits per heavy atom. The molecule has 2 heterocycles. The van der Waals surface area contributed by atoms with Crippen LogP contribution in [0.5, 0.6) is 0 Å². The molecule has 0 radical (unpaired) electrons. The molecule has 3 aromatic rings. The summed E-state index contributed by atoms with van der Waals surface area (Å²) in [5, 5.41) is 34.9. The first kappa shape index (κ1) is 14.2. The Bertz CT molecular complexity index is 941. The van der Waals surface area contributed by atoms with Gasteiger partial charge in [-0.15, -0.1) is 10.2 Å². The first-order chi connectivity index (χ1) is 11.2. The van der Waals surface area contributed by atoms with E-state index in [1.807, 2.05) is 6.07 Å². The van der Waals surface area contributed by atoms with Gasteiger partial charge in [-0.1, -0.05) is 6.07 Å². The van der Waals surface area contributed by atoms with Crippen LogP contribution >= 0.6 is 0 Å². The molecule has 2 aromatic heterocycles. The Morgan fingerprint density at radius 2 is 2.30 bits per heavy atom. The van der Waals surface area contributed by atoms with E-state index in [0.717, 1.165) is 0 Å². The number of aromatic amines is 1. The van der Waals surface area contributed by atoms with Crippen LogP contribution in [0.15, 0.2) is 36.7 Å². The van der Waals surface area contributed by atoms with Crippen LogP contribution in [-0.2, 0) is 0 Å². The fraction of sp³-hybridized carbons (Fsp3) is 0. The Kier molecular flexibility index (Phi) is 3.63. The monoisotopic (exact) mass is 307 g/mol. The molecular formula is C14H9N7O2. The molecule has 23 heavy (non-hydrogen) atoms. The third-order valence-electron chi connectivity index (χ3n) is 3.05. The van der Waals surface area contributed by atoms with E-state index in [1.165, 1.54) is 18.5 Å². The van der Waals surface area contributed by atoms with Gasteiger partial charge in [-0.25, -0.2) is 4.79 Å². The number of nitrogens with one attached hydrogen (secondary N) is 2. The number of carboxylic acid groups (broad SMARTS) is 1. The fourth-order valence-electron chi connectivity index (χ4n) is 1.96. The molecule has 0 saturated heterocycles. The van der Waals surface area contributed by atoms with Gasteiger partial charge < -0.3 is 10.4 Å². The van der Waals surface area contributed by atoms with Crippen LogP contribution in [0.1, 0.15) is 16.2 Å². The van der Waals surface area contributed by atoms with Crippen LogP contribution in [0.2, 0.25) is 0 Å². The molecule has 0 aliphatic rings. The zero-order chi connectivity index (χ0) is 16.2. The van der Waals surface area contributed by atoms with Crippen LogP contribution in [0.3, 0.4) is 0 Å². The number of aromatic nitrogens is 5. The second kappa shape index (κ2) is 5.90. The molecule has 0 fully saturated rings. The van der Waals surface area contributed by atoms with E-state index in [4.69, 9.17) is 10.4 Å². The van der Waals surface area contributed by atoms with E-state index in [9.17, 15) is 4.79 Å². The van der Waals surface area contributed by atoms with Crippen molar-refractivity contribution < 1.29 is 9.90 Å². The van der Waals surface area contributed by atoms with Crippen LogP contribution in [0, 0.1) is 11.3 Å². The number of pyridine rings is 1. The largest absolute Gasteiger partial charge is 0.478 e. The van der Waals surface area contributed by atoms with Gasteiger partial charge in [0.15, 0.2) is 0 Å². The van der Waals surface area contributed by atoms with Crippen molar-refractivity contribution in [3.8, 4) is 6.07 Å². The van der Waals surface area contributed by atoms with Crippen molar-refractivity contribution in [1.82, 2.24) is 25.6 Å². The molecule has 9 heteroatoms. The van der Waals surface area contributed by atoms with E-state index >= 15 is 0 Å². The van der Waals surface area contributed by atoms with Crippen LogP contribution < -0.4 is 5.32 Å². The van der Waals surface area contributed by atoms with Crippen LogP contribution in [-0.4, -0.2) is 36.7 Å². The highest BCUT2D eigenvalue weighted by Crippen LogP contribution is 2.23. The topological polar surface area (TPSA) is 140 Å². The summed E-state index contributed by atoms with van der Waals surface area (Å²) in [6.45, 7) is 0. The van der Waals surface area contributed by atoms with Crippen molar-refractivity contribution in [3.63, 3.8) is 0 Å². The number of hydrogen-bond donors (Lipinski definition) is 3. The molecule has 0 amide bonds. The van der Waals surface area contributed by atoms with Gasteiger partial charge in [0.2, 0.25) is 5.82 Å². The number of nitrogens with zero attached hydrogens (tertiary/aromatic N) is 5. The Balaban J connectivity index is 2.01. The fourth-order valence-corrected chi connectivity index (χ4v) is 1.96. The van der Waals surface area contributed by atoms with Gasteiger partial charge in [-0.3, -0.25) is 4.98 Å². The standard InChI is InChI=1S/C14H9N7O2/c15-5-9(13-18-20-21-19-13)7-17-12-3-1-2-11-10(12)4-8(6-16-11)14(22)23/h1-4,6-7,17H,(H,22,23)(H,18,19,20,21). The maximum absolute atomic E-state index is 11.1. The summed E-state index contributed by atoms with van der Waals surface area (Å²) >= 11 is 0. The number of aromatic carboxylic acids is 1. The van der Waals surface area contributed by atoms with Gasteiger partial charge in [-0.2, -0.15) is 10.5 Å². The van der Waals surface area contributed by atoms with Crippen molar-refractivity contribution >= 4 is 28.1 Å². The van der Waals surface area contributed by atoms with Crippen molar-refractivity contribution in [1.29, 1.82) is 5.26 Å². The smallest absolute Gasteiger partial charge is 0.337 e. The lowest BCUT2D eigenvalue weighted by atomic mass is 10.1. The molecule has 1 aromatic carbocycles. The summed E-state index contributed by atoms with van der Waals surface area (Å²) < 4.78 is 0. The van der Waals surface area contributed by atoms with Crippen molar-refractivity contribution in [2.45, 2.75) is 0 Å². The highest BCUT2D eigenvalue weighted by Gasteiger charge is 2.09. The zero-order valence-corrected chi connectivity index (χ0v) is 11.6. The van der Waals surface area contributed by atoms with Gasteiger partial charge in [-0.05, 0) is 23.4 Å². The molecule has 0 bridgehead atoms. The van der Waals surface area contributed by atoms with Gasteiger partial charge in [0.05, 0.1) is 11.1 Å². The Labute approximate surface area is 129 Å². The first-order valence-corrected chi connectivity index (χ1v) is 6.41. The third kappa shape index (κ3) is 2.81. The molecule has 0 saturated carbocycles. The summed E-state index contributed by atoms with van der Waals surface area (Å²) in [6.07, 6.45) is 2.72. The van der Waals surface area contributed by atoms with Crippen molar-refractivity contribution in [2.75, 3.05) is 5.32 Å². The normalized spacial score (nSPS) is 11.2. The third-order valence-corrected chi connectivity index (χ3v) is 3.05. The highest BCUT2D eigenvalue weighted by molar-refractivity contribution is 5.98. The first-order valence-electron chi connectivity index (χ1n) is 6.41. The number of H-pyrrole nitrogens is 1. The number of nitriles is 1. The minimum absolute atomic E-state index is 0.0782. The van der Waals surface area contributed by atoms with Gasteiger partial charge in [0.1, 0.15) is 11.6 Å². The van der Waals surface area contributed by atoms with Gasteiger partial charge in [0, 0.05) is 23.5 Å². The summed E-state index contributed by atoms with van der Waals surface area (Å²) in [4.78, 5) is 15.2. The molecule has 3 rings (SSSR count). The number of rotatable bonds is 4. The van der Waals surface area contributed by atoms with Crippen LogP contribution in [0.25, 0.3) is 16.5 Å². The van der Waals surface area contributed by atoms with E-state index in [2.05, 4.69) is 30.9 Å². The second-order valence-corrected chi connectivity index (χ2v) is 4.45. The average molecular weight is 307 g/mol. The summed E-state index contributed by atoms with van der Waals surface area (Å²) in [6, 6.07) is 8.75. The minimum Gasteiger partial charge on any atom is -0.478 e. The molecule has 0 spiro atoms. The van der Waals surface area contributed by atoms with Gasteiger partial charge >= 0.3 is 5.97 Å². The zero-order valence-electron chi connectivity index (χ0n) is 11.6. The van der Waals surface area contributed by atoms with Gasteiger partial charge in [0.25, 0.3) is 0 Å². The second-order valence-electron chi connectivity index (χ2n) is 4.45. The quantitative estimate of drug-likeness (QED) is 0.614. The molecule has 9 nitrogen and oxygen atoms in total. The Hall–Kier alpha value is -3.80. The number of tetrazole rings is 1. The summed E-state index contributed by atoms with van der Waals surface area (Å²) in [5.74, 6) is -0.904. The number of hydrogen-bond acceptors (Lipinski definition) is 7. The molecule has 0 unspecified atom stereocenters. The molecule has 3 N–H and O–H groups in total. The molecule has 0 aliphatic heterocycles. The number of fused-ring (bicyclic) bond motifs is 1. The average Bonchev–Trinajstić information content (AvgIpc) is 3.09. The SMILES string of the molecule is N#CC(=CNc1cccc2ncc(C(=O)O)cc12)c1nn[nH]n1. The lowest BCUT2D eigenvalue weighted by Crippen LogP contribution is -1.99. The lowest BCUT2D eigenvalue weighted by Gasteiger charge is -2.06. The number of anilines is 1. The maximum Gasteiger partial charge on any atom is 0.337 e. The van der Waals surface area contributed by atoms with E-state index in [1.54, 1.807) is 18.2 Å². The van der Waals surface area contributed by atoms with E-state index in [-0.39, 0.29) is 17.0 Å². The number of allylic oxidation sites excluding steroid dienone is 1. The Morgan fingerprint density at radius 3 is 3.00 bits per heavy atom. The molecular weight excluding hydrogens is 298 g/mol. The van der Waals surface area contributed by atoms with Crippen molar-refractivity contribution in [2.24, 2.45) is 0 Å². The predicted molar refractivity (Wildman–Crippen MR) is 80.1 cm³/mol. The number of carboxylic acids is 1. The van der Waals surface area contributed by atoms with E-state index < -0.39 is 5.97 Å². The molecule has 0 atom stereocenters.